The number of hydrogen-bond acceptors (Lipinski definition) is 4. The molecule has 0 aliphatic heterocycles. The molecule has 3 rings (SSSR count). The topological polar surface area (TPSA) is 69.3 Å². The van der Waals surface area contributed by atoms with Gasteiger partial charge in [0.25, 0.3) is 5.91 Å². The predicted molar refractivity (Wildman–Crippen MR) is 93.3 cm³/mol. The Morgan fingerprint density at radius 1 is 1.24 bits per heavy atom. The van der Waals surface area contributed by atoms with Gasteiger partial charge in [-0.05, 0) is 49.2 Å². The van der Waals surface area contributed by atoms with Gasteiger partial charge in [-0.15, -0.1) is 0 Å². The van der Waals surface area contributed by atoms with Gasteiger partial charge in [-0.25, -0.2) is 0 Å². The van der Waals surface area contributed by atoms with E-state index in [2.05, 4.69) is 10.4 Å². The minimum atomic E-state index is -0.274. The molecule has 2 aromatic heterocycles. The van der Waals surface area contributed by atoms with E-state index in [9.17, 15) is 4.79 Å². The molecule has 2 heterocycles. The molecule has 6 heteroatoms. The molecule has 0 spiro atoms. The summed E-state index contributed by atoms with van der Waals surface area (Å²) in [6.07, 6.45) is 1.83. The number of amides is 1. The van der Waals surface area contributed by atoms with Crippen LogP contribution in [0.4, 0.5) is 0 Å². The third-order valence-electron chi connectivity index (χ3n) is 3.80. The van der Waals surface area contributed by atoms with Gasteiger partial charge < -0.3 is 14.5 Å². The van der Waals surface area contributed by atoms with Crippen LogP contribution in [0.25, 0.3) is 0 Å². The molecule has 0 radical (unpaired) electrons. The molecule has 3 aromatic rings. The van der Waals surface area contributed by atoms with Gasteiger partial charge in [0.2, 0.25) is 0 Å². The van der Waals surface area contributed by atoms with Crippen LogP contribution in [0.2, 0.25) is 0 Å². The molecule has 1 amide bonds. The highest BCUT2D eigenvalue weighted by atomic mass is 16.5. The predicted octanol–water partition coefficient (Wildman–Crippen LogP) is 3.14. The monoisotopic (exact) mass is 339 g/mol. The SMILES string of the molecule is Cc1ccc(C)c(OCc2ccc(C(=O)NCc3ccn(C)n3)o2)c1. The number of nitrogens with zero attached hydrogens (tertiary/aromatic N) is 2. The second-order valence-corrected chi connectivity index (χ2v) is 5.99. The van der Waals surface area contributed by atoms with Gasteiger partial charge >= 0.3 is 0 Å². The summed E-state index contributed by atoms with van der Waals surface area (Å²) in [7, 11) is 1.83. The fourth-order valence-electron chi connectivity index (χ4n) is 2.40. The van der Waals surface area contributed by atoms with Crippen molar-refractivity contribution in [2.24, 2.45) is 7.05 Å². The number of hydrogen-bond donors (Lipinski definition) is 1. The molecule has 25 heavy (non-hydrogen) atoms. The Kier molecular flexibility index (Phi) is 4.88. The normalized spacial score (nSPS) is 10.7. The van der Waals surface area contributed by atoms with Crippen LogP contribution in [0.3, 0.4) is 0 Å². The molecule has 0 saturated carbocycles. The fraction of sp³-hybridized carbons (Fsp3) is 0.263. The van der Waals surface area contributed by atoms with Gasteiger partial charge in [0.1, 0.15) is 18.1 Å². The van der Waals surface area contributed by atoms with Crippen molar-refractivity contribution in [1.29, 1.82) is 0 Å². The Balaban J connectivity index is 1.56. The molecule has 0 aliphatic rings. The number of aryl methyl sites for hydroxylation is 3. The van der Waals surface area contributed by atoms with Gasteiger partial charge in [-0.2, -0.15) is 5.10 Å². The summed E-state index contributed by atoms with van der Waals surface area (Å²) in [5, 5.41) is 6.99. The fourth-order valence-corrected chi connectivity index (χ4v) is 2.40. The molecule has 6 nitrogen and oxygen atoms in total. The van der Waals surface area contributed by atoms with Crippen molar-refractivity contribution >= 4 is 5.91 Å². The smallest absolute Gasteiger partial charge is 0.287 e. The summed E-state index contributed by atoms with van der Waals surface area (Å²) in [5.41, 5.74) is 2.99. The number of ether oxygens (including phenoxy) is 1. The molecule has 0 aliphatic carbocycles. The van der Waals surface area contributed by atoms with Crippen molar-refractivity contribution in [2.75, 3.05) is 0 Å². The quantitative estimate of drug-likeness (QED) is 0.749. The zero-order chi connectivity index (χ0) is 17.8. The number of furan rings is 1. The molecule has 0 atom stereocenters. The molecule has 0 unspecified atom stereocenters. The average Bonchev–Trinajstić information content (AvgIpc) is 3.22. The molecule has 0 saturated heterocycles. The Hall–Kier alpha value is -3.02. The van der Waals surface area contributed by atoms with Crippen molar-refractivity contribution in [3.8, 4) is 5.75 Å². The lowest BCUT2D eigenvalue weighted by Crippen LogP contribution is -2.22. The van der Waals surface area contributed by atoms with Gasteiger partial charge in [0.15, 0.2) is 5.76 Å². The van der Waals surface area contributed by atoms with Crippen LogP contribution < -0.4 is 10.1 Å². The maximum absolute atomic E-state index is 12.1. The van der Waals surface area contributed by atoms with Crippen LogP contribution in [0.1, 0.15) is 33.1 Å². The van der Waals surface area contributed by atoms with Crippen molar-refractivity contribution in [3.05, 3.63) is 70.9 Å². The lowest BCUT2D eigenvalue weighted by atomic mass is 10.1. The maximum Gasteiger partial charge on any atom is 0.287 e. The third-order valence-corrected chi connectivity index (χ3v) is 3.80. The van der Waals surface area contributed by atoms with E-state index in [1.807, 2.05) is 51.4 Å². The van der Waals surface area contributed by atoms with E-state index in [1.54, 1.807) is 16.8 Å². The van der Waals surface area contributed by atoms with Crippen molar-refractivity contribution < 1.29 is 13.9 Å². The van der Waals surface area contributed by atoms with E-state index in [0.29, 0.717) is 12.3 Å². The first-order valence-corrected chi connectivity index (χ1v) is 8.07. The van der Waals surface area contributed by atoms with Gasteiger partial charge in [0, 0.05) is 13.2 Å². The number of benzene rings is 1. The van der Waals surface area contributed by atoms with Crippen molar-refractivity contribution in [2.45, 2.75) is 27.0 Å². The molecule has 0 fully saturated rings. The van der Waals surface area contributed by atoms with Crippen LogP contribution in [-0.2, 0) is 20.2 Å². The minimum Gasteiger partial charge on any atom is -0.485 e. The summed E-state index contributed by atoms with van der Waals surface area (Å²) >= 11 is 0. The number of nitrogens with one attached hydrogen (secondary N) is 1. The van der Waals surface area contributed by atoms with Crippen LogP contribution in [0, 0.1) is 13.8 Å². The first kappa shape index (κ1) is 16.8. The Morgan fingerprint density at radius 2 is 2.08 bits per heavy atom. The van der Waals surface area contributed by atoms with E-state index in [4.69, 9.17) is 9.15 Å². The Morgan fingerprint density at radius 3 is 2.84 bits per heavy atom. The zero-order valence-corrected chi connectivity index (χ0v) is 14.6. The highest BCUT2D eigenvalue weighted by Gasteiger charge is 2.12. The molecule has 1 N–H and O–H groups in total. The molecule has 1 aromatic carbocycles. The van der Waals surface area contributed by atoms with Crippen molar-refractivity contribution in [3.63, 3.8) is 0 Å². The first-order valence-electron chi connectivity index (χ1n) is 8.07. The van der Waals surface area contributed by atoms with Crippen LogP contribution in [0.5, 0.6) is 5.75 Å². The molecular formula is C19H21N3O3. The average molecular weight is 339 g/mol. The van der Waals surface area contributed by atoms with Gasteiger partial charge in [0.05, 0.1) is 12.2 Å². The highest BCUT2D eigenvalue weighted by Crippen LogP contribution is 2.21. The second-order valence-electron chi connectivity index (χ2n) is 5.99. The summed E-state index contributed by atoms with van der Waals surface area (Å²) < 4.78 is 13.1. The summed E-state index contributed by atoms with van der Waals surface area (Å²) in [6, 6.07) is 11.3. The van der Waals surface area contributed by atoms with Crippen molar-refractivity contribution in [1.82, 2.24) is 15.1 Å². The number of carbonyl (C=O) groups is 1. The maximum atomic E-state index is 12.1. The van der Waals surface area contributed by atoms with Gasteiger partial charge in [-0.3, -0.25) is 9.48 Å². The summed E-state index contributed by atoms with van der Waals surface area (Å²) in [5.74, 6) is 1.40. The first-order chi connectivity index (χ1) is 12.0. The number of aromatic nitrogens is 2. The van der Waals surface area contributed by atoms with E-state index in [-0.39, 0.29) is 18.3 Å². The van der Waals surface area contributed by atoms with E-state index in [0.717, 1.165) is 22.6 Å². The Bertz CT molecular complexity index is 880. The molecule has 130 valence electrons. The lowest BCUT2D eigenvalue weighted by Gasteiger charge is -2.08. The zero-order valence-electron chi connectivity index (χ0n) is 14.6. The second kappa shape index (κ2) is 7.25. The van der Waals surface area contributed by atoms with E-state index in [1.165, 1.54) is 0 Å². The Labute approximate surface area is 146 Å². The number of rotatable bonds is 6. The highest BCUT2D eigenvalue weighted by molar-refractivity contribution is 5.91. The van der Waals surface area contributed by atoms with E-state index >= 15 is 0 Å². The van der Waals surface area contributed by atoms with E-state index < -0.39 is 0 Å². The largest absolute Gasteiger partial charge is 0.485 e. The van der Waals surface area contributed by atoms with Crippen LogP contribution in [0.15, 0.2) is 47.0 Å². The molecule has 0 bridgehead atoms. The standard InChI is InChI=1S/C19H21N3O3/c1-13-4-5-14(2)18(10-13)24-12-16-6-7-17(25-16)19(23)20-11-15-8-9-22(3)21-15/h4-10H,11-12H2,1-3H3,(H,20,23). The molecular weight excluding hydrogens is 318 g/mol. The lowest BCUT2D eigenvalue weighted by molar-refractivity contribution is 0.0918. The number of carbonyl (C=O) groups excluding carboxylic acids is 1. The van der Waals surface area contributed by atoms with Crippen LogP contribution in [-0.4, -0.2) is 15.7 Å². The van der Waals surface area contributed by atoms with Gasteiger partial charge in [-0.1, -0.05) is 12.1 Å². The minimum absolute atomic E-state index is 0.260. The summed E-state index contributed by atoms with van der Waals surface area (Å²) in [4.78, 5) is 12.1. The summed E-state index contributed by atoms with van der Waals surface area (Å²) in [6.45, 7) is 4.64. The third kappa shape index (κ3) is 4.29. The van der Waals surface area contributed by atoms with Crippen LogP contribution >= 0.6 is 0 Å².